The molecule has 0 bridgehead atoms. The first-order chi connectivity index (χ1) is 11.3. The summed E-state index contributed by atoms with van der Waals surface area (Å²) in [6, 6.07) is 7.93. The molecular weight excluding hydrogens is 358 g/mol. The van der Waals surface area contributed by atoms with E-state index in [0.717, 1.165) is 0 Å². The van der Waals surface area contributed by atoms with Crippen molar-refractivity contribution in [2.24, 2.45) is 0 Å². The minimum Gasteiger partial charge on any atom is -0.393 e. The van der Waals surface area contributed by atoms with Crippen LogP contribution in [0.15, 0.2) is 36.4 Å². The lowest BCUT2D eigenvalue weighted by molar-refractivity contribution is -0.384. The number of nitrogens with two attached hydrogens (primary N) is 1. The van der Waals surface area contributed by atoms with E-state index in [9.17, 15) is 20.2 Å². The van der Waals surface area contributed by atoms with Gasteiger partial charge in [0.1, 0.15) is 5.69 Å². The molecule has 0 aromatic heterocycles. The summed E-state index contributed by atoms with van der Waals surface area (Å²) in [5.74, 6) is 0. The molecule has 4 N–H and O–H groups in total. The normalized spacial score (nSPS) is 10.0. The van der Waals surface area contributed by atoms with Crippen LogP contribution >= 0.6 is 23.8 Å². The minimum absolute atomic E-state index is 0.0196. The van der Waals surface area contributed by atoms with Crippen LogP contribution in [0.2, 0.25) is 5.02 Å². The third-order valence-electron chi connectivity index (χ3n) is 2.89. The van der Waals surface area contributed by atoms with E-state index >= 15 is 0 Å². The van der Waals surface area contributed by atoms with Crippen molar-refractivity contribution < 1.29 is 9.85 Å². The van der Waals surface area contributed by atoms with Gasteiger partial charge in [-0.05, 0) is 30.4 Å². The minimum atomic E-state index is -0.617. The Labute approximate surface area is 145 Å². The number of rotatable bonds is 4. The number of hydrogen-bond acceptors (Lipinski definition) is 6. The van der Waals surface area contributed by atoms with Crippen molar-refractivity contribution in [2.75, 3.05) is 16.4 Å². The van der Waals surface area contributed by atoms with Crippen LogP contribution in [0.4, 0.5) is 28.4 Å². The van der Waals surface area contributed by atoms with Gasteiger partial charge >= 0.3 is 0 Å². The summed E-state index contributed by atoms with van der Waals surface area (Å²) in [6.45, 7) is 0. The molecule has 0 saturated heterocycles. The Kier molecular flexibility index (Phi) is 5.11. The third-order valence-corrected chi connectivity index (χ3v) is 3.43. The standard InChI is InChI=1S/C13H10ClN5O4S/c14-9-3-2-8(18(20)21)6-11(9)17-13(24)16-7-1-4-10(15)12(5-7)19(22)23/h1-6H,15H2,(H2,16,17,24). The van der Waals surface area contributed by atoms with Gasteiger partial charge in [0.25, 0.3) is 11.4 Å². The monoisotopic (exact) mass is 367 g/mol. The van der Waals surface area contributed by atoms with Crippen LogP contribution in [0.5, 0.6) is 0 Å². The molecule has 0 unspecified atom stereocenters. The fourth-order valence-corrected chi connectivity index (χ4v) is 2.18. The van der Waals surface area contributed by atoms with Gasteiger partial charge in [-0.2, -0.15) is 0 Å². The van der Waals surface area contributed by atoms with Gasteiger partial charge in [-0.1, -0.05) is 11.6 Å². The van der Waals surface area contributed by atoms with Crippen LogP contribution in [0.25, 0.3) is 0 Å². The van der Waals surface area contributed by atoms with Gasteiger partial charge < -0.3 is 16.4 Å². The summed E-state index contributed by atoms with van der Waals surface area (Å²) >= 11 is 11.0. The highest BCUT2D eigenvalue weighted by Crippen LogP contribution is 2.28. The number of nitrogens with zero attached hydrogens (tertiary/aromatic N) is 2. The van der Waals surface area contributed by atoms with Crippen LogP contribution in [0.1, 0.15) is 0 Å². The first-order valence-corrected chi connectivity index (χ1v) is 7.12. The Morgan fingerprint density at radius 1 is 1.08 bits per heavy atom. The molecule has 0 aliphatic heterocycles. The summed E-state index contributed by atoms with van der Waals surface area (Å²) < 4.78 is 0. The molecule has 0 fully saturated rings. The van der Waals surface area contributed by atoms with Gasteiger partial charge in [0, 0.05) is 23.9 Å². The lowest BCUT2D eigenvalue weighted by Crippen LogP contribution is -2.19. The highest BCUT2D eigenvalue weighted by Gasteiger charge is 2.14. The first-order valence-electron chi connectivity index (χ1n) is 6.34. The third kappa shape index (κ3) is 4.06. The van der Waals surface area contributed by atoms with Crippen LogP contribution in [-0.4, -0.2) is 15.0 Å². The quantitative estimate of drug-likeness (QED) is 0.323. The maximum absolute atomic E-state index is 10.9. The number of nitro groups is 2. The van der Waals surface area contributed by atoms with Gasteiger partial charge in [0.2, 0.25) is 0 Å². The number of halogens is 1. The number of hydrogen-bond donors (Lipinski definition) is 3. The van der Waals surface area contributed by atoms with Gasteiger partial charge in [0.05, 0.1) is 20.6 Å². The second-order valence-corrected chi connectivity index (χ2v) is 5.35. The molecule has 0 heterocycles. The fourth-order valence-electron chi connectivity index (χ4n) is 1.79. The Balaban J connectivity index is 2.17. The predicted molar refractivity (Wildman–Crippen MR) is 95.5 cm³/mol. The Morgan fingerprint density at radius 2 is 1.79 bits per heavy atom. The van der Waals surface area contributed by atoms with Crippen molar-refractivity contribution >= 4 is 57.4 Å². The molecule has 0 amide bonds. The van der Waals surface area contributed by atoms with Crippen LogP contribution < -0.4 is 16.4 Å². The molecule has 0 spiro atoms. The second kappa shape index (κ2) is 7.06. The maximum atomic E-state index is 10.9. The maximum Gasteiger partial charge on any atom is 0.294 e. The lowest BCUT2D eigenvalue weighted by atomic mass is 10.2. The molecular formula is C13H10ClN5O4S. The number of benzene rings is 2. The SMILES string of the molecule is Nc1ccc(NC(=S)Nc2cc([N+](=O)[O-])ccc2Cl)cc1[N+](=O)[O-]. The van der Waals surface area contributed by atoms with E-state index < -0.39 is 9.85 Å². The molecule has 0 aliphatic rings. The summed E-state index contributed by atoms with van der Waals surface area (Å²) in [6.07, 6.45) is 0. The predicted octanol–water partition coefficient (Wildman–Crippen LogP) is 3.55. The van der Waals surface area contributed by atoms with E-state index in [2.05, 4.69) is 10.6 Å². The molecule has 2 rings (SSSR count). The van der Waals surface area contributed by atoms with Crippen molar-refractivity contribution in [3.8, 4) is 0 Å². The Morgan fingerprint density at radius 3 is 2.42 bits per heavy atom. The highest BCUT2D eigenvalue weighted by atomic mass is 35.5. The molecule has 0 aliphatic carbocycles. The molecule has 0 radical (unpaired) electrons. The summed E-state index contributed by atoms with van der Waals surface area (Å²) in [7, 11) is 0. The van der Waals surface area contributed by atoms with Crippen LogP contribution in [0, 0.1) is 20.2 Å². The molecule has 11 heteroatoms. The van der Waals surface area contributed by atoms with E-state index in [-0.39, 0.29) is 32.9 Å². The zero-order valence-corrected chi connectivity index (χ0v) is 13.4. The van der Waals surface area contributed by atoms with E-state index in [0.29, 0.717) is 5.69 Å². The van der Waals surface area contributed by atoms with Crippen molar-refractivity contribution in [1.82, 2.24) is 0 Å². The lowest BCUT2D eigenvalue weighted by Gasteiger charge is -2.12. The first kappa shape index (κ1) is 17.4. The summed E-state index contributed by atoms with van der Waals surface area (Å²) in [5.41, 5.74) is 5.66. The molecule has 2 aromatic rings. The van der Waals surface area contributed by atoms with E-state index in [4.69, 9.17) is 29.6 Å². The number of nitrogen functional groups attached to an aromatic ring is 1. The van der Waals surface area contributed by atoms with Gasteiger partial charge in [-0.3, -0.25) is 20.2 Å². The number of non-ortho nitro benzene ring substituents is 1. The molecule has 0 atom stereocenters. The van der Waals surface area contributed by atoms with Crippen molar-refractivity contribution in [1.29, 1.82) is 0 Å². The van der Waals surface area contributed by atoms with Crippen LogP contribution in [0.3, 0.4) is 0 Å². The van der Waals surface area contributed by atoms with E-state index in [1.54, 1.807) is 0 Å². The van der Waals surface area contributed by atoms with Crippen molar-refractivity contribution in [3.63, 3.8) is 0 Å². The average Bonchev–Trinajstić information content (AvgIpc) is 2.50. The molecule has 9 nitrogen and oxygen atoms in total. The number of anilines is 3. The fraction of sp³-hybridized carbons (Fsp3) is 0. The number of nitrogens with one attached hydrogen (secondary N) is 2. The van der Waals surface area contributed by atoms with Gasteiger partial charge in [0.15, 0.2) is 5.11 Å². The summed E-state index contributed by atoms with van der Waals surface area (Å²) in [4.78, 5) is 20.5. The molecule has 0 saturated carbocycles. The van der Waals surface area contributed by atoms with Crippen molar-refractivity contribution in [2.45, 2.75) is 0 Å². The molecule has 24 heavy (non-hydrogen) atoms. The molecule has 124 valence electrons. The Bertz CT molecular complexity index is 845. The van der Waals surface area contributed by atoms with Gasteiger partial charge in [-0.15, -0.1) is 0 Å². The smallest absolute Gasteiger partial charge is 0.294 e. The van der Waals surface area contributed by atoms with Gasteiger partial charge in [-0.25, -0.2) is 0 Å². The summed E-state index contributed by atoms with van der Waals surface area (Å²) in [5, 5.41) is 27.4. The van der Waals surface area contributed by atoms with E-state index in [1.807, 2.05) is 0 Å². The second-order valence-electron chi connectivity index (χ2n) is 4.53. The molecule has 2 aromatic carbocycles. The largest absolute Gasteiger partial charge is 0.393 e. The van der Waals surface area contributed by atoms with Crippen molar-refractivity contribution in [3.05, 3.63) is 61.6 Å². The highest BCUT2D eigenvalue weighted by molar-refractivity contribution is 7.80. The average molecular weight is 368 g/mol. The Hall–Kier alpha value is -2.98. The zero-order chi connectivity index (χ0) is 17.9. The topological polar surface area (TPSA) is 136 Å². The van der Waals surface area contributed by atoms with Crippen LogP contribution in [-0.2, 0) is 0 Å². The number of thiocarbonyl (C=S) groups is 1. The zero-order valence-electron chi connectivity index (χ0n) is 11.9. The number of nitro benzene ring substituents is 2. The van der Waals surface area contributed by atoms with E-state index in [1.165, 1.54) is 36.4 Å².